The summed E-state index contributed by atoms with van der Waals surface area (Å²) in [6.07, 6.45) is 0. The van der Waals surface area contributed by atoms with Crippen molar-refractivity contribution < 1.29 is 19.1 Å². The first-order valence-electron chi connectivity index (χ1n) is 12.9. The summed E-state index contributed by atoms with van der Waals surface area (Å²) in [5, 5.41) is 2.98. The molecule has 0 spiro atoms. The molecule has 0 radical (unpaired) electrons. The van der Waals surface area contributed by atoms with E-state index >= 15 is 0 Å². The van der Waals surface area contributed by atoms with Gasteiger partial charge in [0.15, 0.2) is 0 Å². The van der Waals surface area contributed by atoms with Gasteiger partial charge >= 0.3 is 0 Å². The molecule has 1 N–H and O–H groups in total. The van der Waals surface area contributed by atoms with E-state index in [-0.39, 0.29) is 11.8 Å². The van der Waals surface area contributed by atoms with E-state index in [1.807, 2.05) is 83.8 Å². The normalized spacial score (nSPS) is 13.1. The van der Waals surface area contributed by atoms with Crippen molar-refractivity contribution in [2.75, 3.05) is 50.6 Å². The first kappa shape index (κ1) is 25.9. The van der Waals surface area contributed by atoms with Crippen molar-refractivity contribution in [3.63, 3.8) is 0 Å². The minimum atomic E-state index is -0.149. The second-order valence-electron chi connectivity index (χ2n) is 9.32. The number of benzene rings is 4. The van der Waals surface area contributed by atoms with Gasteiger partial charge in [0.2, 0.25) is 0 Å². The maximum Gasteiger partial charge on any atom is 0.255 e. The Kier molecular flexibility index (Phi) is 7.78. The number of hydrogen-bond acceptors (Lipinski definition) is 5. The van der Waals surface area contributed by atoms with Crippen LogP contribution in [0.5, 0.6) is 11.5 Å². The summed E-state index contributed by atoms with van der Waals surface area (Å²) in [7, 11) is 3.14. The number of anilines is 2. The number of ether oxygens (including phenoxy) is 2. The summed E-state index contributed by atoms with van der Waals surface area (Å²) < 4.78 is 10.6. The van der Waals surface area contributed by atoms with E-state index in [4.69, 9.17) is 9.47 Å². The van der Waals surface area contributed by atoms with Crippen molar-refractivity contribution in [1.29, 1.82) is 0 Å². The Bertz CT molecular complexity index is 1410. The van der Waals surface area contributed by atoms with Gasteiger partial charge in [0.1, 0.15) is 11.5 Å². The highest BCUT2D eigenvalue weighted by Crippen LogP contribution is 2.25. The zero-order valence-electron chi connectivity index (χ0n) is 22.1. The molecule has 0 atom stereocenters. The minimum absolute atomic E-state index is 0.0401. The van der Waals surface area contributed by atoms with Gasteiger partial charge in [-0.1, -0.05) is 42.5 Å². The Morgan fingerprint density at radius 2 is 1.26 bits per heavy atom. The lowest BCUT2D eigenvalue weighted by molar-refractivity contribution is 0.0746. The average Bonchev–Trinajstić information content (AvgIpc) is 3.01. The third-order valence-corrected chi connectivity index (χ3v) is 6.91. The molecule has 1 aliphatic heterocycles. The Morgan fingerprint density at radius 3 is 1.85 bits per heavy atom. The third-order valence-electron chi connectivity index (χ3n) is 6.91. The summed E-state index contributed by atoms with van der Waals surface area (Å²) in [6, 6.07) is 30.7. The number of nitrogens with zero attached hydrogens (tertiary/aromatic N) is 2. The van der Waals surface area contributed by atoms with Gasteiger partial charge in [0.25, 0.3) is 11.8 Å². The Balaban J connectivity index is 1.16. The van der Waals surface area contributed by atoms with E-state index in [1.165, 1.54) is 0 Å². The van der Waals surface area contributed by atoms with Crippen LogP contribution in [0.1, 0.15) is 20.7 Å². The van der Waals surface area contributed by atoms with Gasteiger partial charge in [-0.2, -0.15) is 0 Å². The highest BCUT2D eigenvalue weighted by Gasteiger charge is 2.23. The predicted octanol–water partition coefficient (Wildman–Crippen LogP) is 5.59. The van der Waals surface area contributed by atoms with Crippen LogP contribution < -0.4 is 19.7 Å². The molecule has 0 aliphatic carbocycles. The molecule has 0 aromatic heterocycles. The molecule has 4 aromatic carbocycles. The van der Waals surface area contributed by atoms with Crippen LogP contribution in [0.25, 0.3) is 11.1 Å². The molecule has 7 nitrogen and oxygen atoms in total. The molecule has 2 amide bonds. The van der Waals surface area contributed by atoms with Crippen molar-refractivity contribution in [1.82, 2.24) is 4.90 Å². The minimum Gasteiger partial charge on any atom is -0.497 e. The molecule has 198 valence electrons. The lowest BCUT2D eigenvalue weighted by Crippen LogP contribution is -2.48. The molecule has 1 saturated heterocycles. The van der Waals surface area contributed by atoms with E-state index in [2.05, 4.69) is 10.2 Å². The van der Waals surface area contributed by atoms with Crippen molar-refractivity contribution in [2.24, 2.45) is 0 Å². The number of carbonyl (C=O) groups is 2. The maximum atomic E-state index is 13.1. The fourth-order valence-electron chi connectivity index (χ4n) is 4.68. The Morgan fingerprint density at radius 1 is 0.667 bits per heavy atom. The van der Waals surface area contributed by atoms with Crippen molar-refractivity contribution in [2.45, 2.75) is 0 Å². The van der Waals surface area contributed by atoms with Crippen molar-refractivity contribution in [3.05, 3.63) is 108 Å². The Labute approximate surface area is 228 Å². The van der Waals surface area contributed by atoms with Gasteiger partial charge in [-0.05, 0) is 59.7 Å². The number of hydrogen-bond donors (Lipinski definition) is 1. The van der Waals surface area contributed by atoms with Crippen LogP contribution in [-0.4, -0.2) is 57.1 Å². The van der Waals surface area contributed by atoms with Crippen molar-refractivity contribution >= 4 is 23.2 Å². The van der Waals surface area contributed by atoms with Gasteiger partial charge in [-0.15, -0.1) is 0 Å². The van der Waals surface area contributed by atoms with E-state index in [0.29, 0.717) is 48.8 Å². The van der Waals surface area contributed by atoms with E-state index in [0.717, 1.165) is 22.5 Å². The lowest BCUT2D eigenvalue weighted by atomic mass is 10.0. The molecule has 1 fully saturated rings. The van der Waals surface area contributed by atoms with Gasteiger partial charge in [-0.3, -0.25) is 9.59 Å². The van der Waals surface area contributed by atoms with E-state index in [9.17, 15) is 9.59 Å². The fourth-order valence-corrected chi connectivity index (χ4v) is 4.68. The SMILES string of the molecule is COc1cc(OC)cc(C(=O)N2CCN(c3ccc(NC(=O)c4ccc(-c5ccccc5)cc4)cc3)CC2)c1. The van der Waals surface area contributed by atoms with E-state index in [1.54, 1.807) is 32.4 Å². The second-order valence-corrected chi connectivity index (χ2v) is 9.32. The molecule has 1 heterocycles. The van der Waals surface area contributed by atoms with E-state index < -0.39 is 0 Å². The molecule has 0 unspecified atom stereocenters. The first-order valence-corrected chi connectivity index (χ1v) is 12.9. The molecule has 7 heteroatoms. The summed E-state index contributed by atoms with van der Waals surface area (Å²) in [5.74, 6) is 0.991. The monoisotopic (exact) mass is 521 g/mol. The van der Waals surface area contributed by atoms with Crippen LogP contribution in [-0.2, 0) is 0 Å². The third kappa shape index (κ3) is 6.04. The van der Waals surface area contributed by atoms with Gasteiger partial charge in [-0.25, -0.2) is 0 Å². The van der Waals surface area contributed by atoms with Crippen molar-refractivity contribution in [3.8, 4) is 22.6 Å². The van der Waals surface area contributed by atoms with Crippen LogP contribution in [0.2, 0.25) is 0 Å². The first-order chi connectivity index (χ1) is 19.0. The molecular formula is C32H31N3O4. The van der Waals surface area contributed by atoms with Gasteiger partial charge < -0.3 is 24.6 Å². The number of nitrogens with one attached hydrogen (secondary N) is 1. The largest absolute Gasteiger partial charge is 0.497 e. The summed E-state index contributed by atoms with van der Waals surface area (Å²) in [4.78, 5) is 30.0. The quantitative estimate of drug-likeness (QED) is 0.344. The second kappa shape index (κ2) is 11.7. The molecule has 0 bridgehead atoms. The van der Waals surface area contributed by atoms with Crippen LogP contribution in [0.4, 0.5) is 11.4 Å². The zero-order chi connectivity index (χ0) is 27.2. The summed E-state index contributed by atoms with van der Waals surface area (Å²) >= 11 is 0. The smallest absolute Gasteiger partial charge is 0.255 e. The number of carbonyl (C=O) groups excluding carboxylic acids is 2. The maximum absolute atomic E-state index is 13.1. The highest BCUT2D eigenvalue weighted by atomic mass is 16.5. The summed E-state index contributed by atoms with van der Waals surface area (Å²) in [5.41, 5.74) is 5.13. The van der Waals surface area contributed by atoms with Gasteiger partial charge in [0.05, 0.1) is 14.2 Å². The van der Waals surface area contributed by atoms with Crippen LogP contribution >= 0.6 is 0 Å². The Hall–Kier alpha value is -4.78. The summed E-state index contributed by atoms with van der Waals surface area (Å²) in [6.45, 7) is 2.64. The number of piperazine rings is 1. The number of rotatable bonds is 7. The predicted molar refractivity (Wildman–Crippen MR) is 154 cm³/mol. The van der Waals surface area contributed by atoms with Crippen LogP contribution in [0.15, 0.2) is 97.1 Å². The molecule has 1 aliphatic rings. The molecule has 0 saturated carbocycles. The fraction of sp³-hybridized carbons (Fsp3) is 0.188. The molecule has 39 heavy (non-hydrogen) atoms. The topological polar surface area (TPSA) is 71.1 Å². The standard InChI is InChI=1S/C32H31N3O4/c1-38-29-20-26(21-30(22-29)39-2)32(37)35-18-16-34(17-19-35)28-14-12-27(13-15-28)33-31(36)25-10-8-24(9-11-25)23-6-4-3-5-7-23/h3-15,20-22H,16-19H2,1-2H3,(H,33,36). The molecule has 5 rings (SSSR count). The molecule has 4 aromatic rings. The average molecular weight is 522 g/mol. The zero-order valence-corrected chi connectivity index (χ0v) is 22.1. The van der Waals surface area contributed by atoms with Crippen LogP contribution in [0, 0.1) is 0 Å². The number of methoxy groups -OCH3 is 2. The number of amides is 2. The van der Waals surface area contributed by atoms with Gasteiger partial charge in [0, 0.05) is 54.7 Å². The lowest BCUT2D eigenvalue weighted by Gasteiger charge is -2.36. The highest BCUT2D eigenvalue weighted by molar-refractivity contribution is 6.04. The molecular weight excluding hydrogens is 490 g/mol. The van der Waals surface area contributed by atoms with Crippen LogP contribution in [0.3, 0.4) is 0 Å².